The Morgan fingerprint density at radius 3 is 2.50 bits per heavy atom. The molecule has 1 fully saturated rings. The van der Waals surface area contributed by atoms with Gasteiger partial charge < -0.3 is 21.1 Å². The fraction of sp³-hybridized carbons (Fsp3) is 0.800. The van der Waals surface area contributed by atoms with Crippen LogP contribution in [-0.2, 0) is 9.59 Å². The van der Waals surface area contributed by atoms with Crippen LogP contribution in [-0.4, -0.2) is 40.7 Å². The van der Waals surface area contributed by atoms with Gasteiger partial charge in [0.15, 0.2) is 5.11 Å². The summed E-state index contributed by atoms with van der Waals surface area (Å²) in [6.45, 7) is 2.04. The lowest BCUT2D eigenvalue weighted by Crippen LogP contribution is -2.43. The molecule has 22 heavy (non-hydrogen) atoms. The summed E-state index contributed by atoms with van der Waals surface area (Å²) >= 11 is 5.26. The van der Waals surface area contributed by atoms with E-state index in [1.54, 1.807) is 0 Å². The van der Waals surface area contributed by atoms with Crippen LogP contribution in [0, 0.1) is 0 Å². The first-order chi connectivity index (χ1) is 10.5. The first kappa shape index (κ1) is 18.7. The van der Waals surface area contributed by atoms with Crippen LogP contribution in [0.15, 0.2) is 0 Å². The molecule has 6 nitrogen and oxygen atoms in total. The van der Waals surface area contributed by atoms with E-state index in [1.165, 1.54) is 39.0 Å². The van der Waals surface area contributed by atoms with Crippen molar-refractivity contribution in [3.63, 3.8) is 0 Å². The molecule has 0 aromatic heterocycles. The van der Waals surface area contributed by atoms with Crippen molar-refractivity contribution in [3.8, 4) is 0 Å². The van der Waals surface area contributed by atoms with Gasteiger partial charge in [0, 0.05) is 19.5 Å². The molecule has 0 aromatic carbocycles. The highest BCUT2D eigenvalue weighted by Gasteiger charge is 2.17. The van der Waals surface area contributed by atoms with Crippen molar-refractivity contribution >= 4 is 29.2 Å². The number of carboxylic acid groups (broad SMARTS) is 1. The minimum Gasteiger partial charge on any atom is -0.480 e. The normalized spacial score (nSPS) is 16.6. The summed E-state index contributed by atoms with van der Waals surface area (Å²) in [4.78, 5) is 21.9. The Labute approximate surface area is 137 Å². The molecule has 0 aromatic rings. The number of carboxylic acids is 1. The lowest BCUT2D eigenvalue weighted by atomic mass is 9.96. The number of hydrogen-bond donors (Lipinski definition) is 4. The number of hydrogen-bond acceptors (Lipinski definition) is 3. The molecule has 126 valence electrons. The fourth-order valence-corrected chi connectivity index (χ4v) is 2.93. The fourth-order valence-electron chi connectivity index (χ4n) is 2.66. The van der Waals surface area contributed by atoms with Crippen molar-refractivity contribution in [2.24, 2.45) is 0 Å². The van der Waals surface area contributed by atoms with Gasteiger partial charge in [0.2, 0.25) is 5.91 Å². The van der Waals surface area contributed by atoms with Gasteiger partial charge in [-0.3, -0.25) is 4.79 Å². The molecule has 7 heteroatoms. The second-order valence-electron chi connectivity index (χ2n) is 5.82. The van der Waals surface area contributed by atoms with Gasteiger partial charge in [-0.15, -0.1) is 0 Å². The predicted molar refractivity (Wildman–Crippen MR) is 89.7 cm³/mol. The van der Waals surface area contributed by atoms with Crippen LogP contribution in [0.1, 0.15) is 58.3 Å². The third-order valence-electron chi connectivity index (χ3n) is 3.82. The lowest BCUT2D eigenvalue weighted by molar-refractivity contribution is -0.141. The van der Waals surface area contributed by atoms with E-state index in [4.69, 9.17) is 17.3 Å². The number of thiocarbonyl (C=S) groups is 1. The summed E-state index contributed by atoms with van der Waals surface area (Å²) in [5.74, 6) is -1.30. The predicted octanol–water partition coefficient (Wildman–Crippen LogP) is 1.54. The SMILES string of the molecule is CC(=O)N[C@@H](CCCCNC(=S)NC1CCCCC1)C(=O)O. The standard InChI is InChI=1S/C15H27N3O3S/c1-11(19)17-13(14(20)21)9-5-6-10-16-15(22)18-12-7-3-2-4-8-12/h12-13H,2-10H2,1H3,(H,17,19)(H,20,21)(H2,16,18,22)/t13-/m0/s1. The number of amides is 1. The van der Waals surface area contributed by atoms with Gasteiger partial charge in [0.05, 0.1) is 0 Å². The van der Waals surface area contributed by atoms with Crippen LogP contribution in [0.2, 0.25) is 0 Å². The Balaban J connectivity index is 2.09. The zero-order valence-corrected chi connectivity index (χ0v) is 14.0. The molecule has 1 rings (SSSR count). The molecule has 4 N–H and O–H groups in total. The molecule has 1 atom stereocenters. The van der Waals surface area contributed by atoms with E-state index in [-0.39, 0.29) is 5.91 Å². The first-order valence-electron chi connectivity index (χ1n) is 8.03. The van der Waals surface area contributed by atoms with Crippen molar-refractivity contribution in [3.05, 3.63) is 0 Å². The van der Waals surface area contributed by atoms with E-state index in [9.17, 15) is 9.59 Å². The molecular formula is C15H27N3O3S. The lowest BCUT2D eigenvalue weighted by Gasteiger charge is -2.24. The highest BCUT2D eigenvalue weighted by Crippen LogP contribution is 2.17. The minimum absolute atomic E-state index is 0.316. The van der Waals surface area contributed by atoms with Gasteiger partial charge in [-0.25, -0.2) is 4.79 Å². The van der Waals surface area contributed by atoms with Crippen LogP contribution in [0.5, 0.6) is 0 Å². The van der Waals surface area contributed by atoms with Crippen LogP contribution in [0.4, 0.5) is 0 Å². The molecule has 0 spiro atoms. The molecule has 0 unspecified atom stereocenters. The summed E-state index contributed by atoms with van der Waals surface area (Å²) < 4.78 is 0. The summed E-state index contributed by atoms with van der Waals surface area (Å²) in [5, 5.41) is 18.6. The Kier molecular flexibility index (Phi) is 8.81. The van der Waals surface area contributed by atoms with Crippen LogP contribution in [0.25, 0.3) is 0 Å². The zero-order valence-electron chi connectivity index (χ0n) is 13.2. The maximum absolute atomic E-state index is 11.0. The highest BCUT2D eigenvalue weighted by atomic mass is 32.1. The number of rotatable bonds is 8. The second kappa shape index (κ2) is 10.4. The summed E-state index contributed by atoms with van der Waals surface area (Å²) in [7, 11) is 0. The van der Waals surface area contributed by atoms with E-state index in [1.807, 2.05) is 0 Å². The minimum atomic E-state index is -0.988. The number of carbonyl (C=O) groups excluding carboxylic acids is 1. The summed E-state index contributed by atoms with van der Waals surface area (Å²) in [6.07, 6.45) is 8.17. The van der Waals surface area contributed by atoms with E-state index in [0.717, 1.165) is 12.8 Å². The molecule has 0 radical (unpaired) electrons. The number of carbonyl (C=O) groups is 2. The molecule has 0 saturated heterocycles. The Bertz CT molecular complexity index is 384. The summed E-state index contributed by atoms with van der Waals surface area (Å²) in [6, 6.07) is -0.310. The van der Waals surface area contributed by atoms with Crippen molar-refractivity contribution < 1.29 is 14.7 Å². The van der Waals surface area contributed by atoms with Gasteiger partial charge in [-0.1, -0.05) is 19.3 Å². The van der Waals surface area contributed by atoms with E-state index in [0.29, 0.717) is 24.1 Å². The van der Waals surface area contributed by atoms with E-state index in [2.05, 4.69) is 16.0 Å². The van der Waals surface area contributed by atoms with Gasteiger partial charge in [0.1, 0.15) is 6.04 Å². The Morgan fingerprint density at radius 2 is 1.91 bits per heavy atom. The van der Waals surface area contributed by atoms with E-state index >= 15 is 0 Å². The second-order valence-corrected chi connectivity index (χ2v) is 6.23. The highest BCUT2D eigenvalue weighted by molar-refractivity contribution is 7.80. The summed E-state index contributed by atoms with van der Waals surface area (Å²) in [5.41, 5.74) is 0. The largest absolute Gasteiger partial charge is 0.480 e. The van der Waals surface area contributed by atoms with E-state index < -0.39 is 12.0 Å². The molecule has 0 heterocycles. The molecule has 0 bridgehead atoms. The maximum Gasteiger partial charge on any atom is 0.326 e. The molecule has 0 aliphatic heterocycles. The third kappa shape index (κ3) is 8.17. The van der Waals surface area contributed by atoms with Crippen molar-refractivity contribution in [2.45, 2.75) is 70.4 Å². The Hall–Kier alpha value is -1.37. The molecule has 1 amide bonds. The first-order valence-corrected chi connectivity index (χ1v) is 8.44. The number of nitrogens with one attached hydrogen (secondary N) is 3. The van der Waals surface area contributed by atoms with Crippen molar-refractivity contribution in [1.29, 1.82) is 0 Å². The average molecular weight is 329 g/mol. The quantitative estimate of drug-likeness (QED) is 0.399. The van der Waals surface area contributed by atoms with Gasteiger partial charge in [-0.05, 0) is 44.3 Å². The van der Waals surface area contributed by atoms with Crippen LogP contribution >= 0.6 is 12.2 Å². The molecule has 1 aliphatic rings. The number of aliphatic carboxylic acids is 1. The third-order valence-corrected chi connectivity index (χ3v) is 4.08. The topological polar surface area (TPSA) is 90.5 Å². The maximum atomic E-state index is 11.0. The van der Waals surface area contributed by atoms with Gasteiger partial charge in [0.25, 0.3) is 0 Å². The molecular weight excluding hydrogens is 302 g/mol. The van der Waals surface area contributed by atoms with Gasteiger partial charge in [-0.2, -0.15) is 0 Å². The molecule has 1 aliphatic carbocycles. The zero-order chi connectivity index (χ0) is 16.4. The average Bonchev–Trinajstić information content (AvgIpc) is 2.46. The van der Waals surface area contributed by atoms with Crippen molar-refractivity contribution in [1.82, 2.24) is 16.0 Å². The van der Waals surface area contributed by atoms with Crippen LogP contribution < -0.4 is 16.0 Å². The smallest absolute Gasteiger partial charge is 0.326 e. The van der Waals surface area contributed by atoms with Crippen molar-refractivity contribution in [2.75, 3.05) is 6.54 Å². The van der Waals surface area contributed by atoms with Gasteiger partial charge >= 0.3 is 5.97 Å². The Morgan fingerprint density at radius 1 is 1.23 bits per heavy atom. The monoisotopic (exact) mass is 329 g/mol. The van der Waals surface area contributed by atoms with Crippen LogP contribution in [0.3, 0.4) is 0 Å². The number of unbranched alkanes of at least 4 members (excludes halogenated alkanes) is 1. The molecule has 1 saturated carbocycles.